The zero-order chi connectivity index (χ0) is 21.9. The molecule has 158 valence electrons. The lowest BCUT2D eigenvalue weighted by molar-refractivity contribution is -0.126. The summed E-state index contributed by atoms with van der Waals surface area (Å²) in [7, 11) is 1.42. The number of allylic oxidation sites excluding steroid dienone is 2. The Morgan fingerprint density at radius 3 is 2.84 bits per heavy atom. The molecule has 31 heavy (non-hydrogen) atoms. The average Bonchev–Trinajstić information content (AvgIpc) is 3.32. The number of nitrogens with one attached hydrogen (secondary N) is 1. The molecule has 3 heterocycles. The first-order valence-electron chi connectivity index (χ1n) is 9.35. The summed E-state index contributed by atoms with van der Waals surface area (Å²) in [5.41, 5.74) is 1.66. The molecule has 0 saturated carbocycles. The Bertz CT molecular complexity index is 1210. The Kier molecular flexibility index (Phi) is 4.24. The molecule has 1 aromatic heterocycles. The normalized spacial score (nSPS) is 18.7. The Hall–Kier alpha value is -3.82. The minimum Gasteiger partial charge on any atom is -0.481 e. The van der Waals surface area contributed by atoms with Gasteiger partial charge in [0.15, 0.2) is 11.6 Å². The highest BCUT2D eigenvalue weighted by Gasteiger charge is 2.51. The van der Waals surface area contributed by atoms with Crippen LogP contribution in [0.4, 0.5) is 23.7 Å². The third kappa shape index (κ3) is 3.02. The van der Waals surface area contributed by atoms with Crippen LogP contribution in [0.15, 0.2) is 42.2 Å². The predicted octanol–water partition coefficient (Wildman–Crippen LogP) is 3.05. The van der Waals surface area contributed by atoms with Gasteiger partial charge in [0.2, 0.25) is 11.8 Å². The summed E-state index contributed by atoms with van der Waals surface area (Å²) in [5, 5.41) is 2.46. The average molecular weight is 428 g/mol. The van der Waals surface area contributed by atoms with Gasteiger partial charge in [0.25, 0.3) is 0 Å². The molecule has 1 N–H and O–H groups in total. The van der Waals surface area contributed by atoms with Gasteiger partial charge in [0.1, 0.15) is 18.4 Å². The van der Waals surface area contributed by atoms with Crippen molar-refractivity contribution in [3.8, 4) is 5.88 Å². The van der Waals surface area contributed by atoms with Crippen LogP contribution in [-0.4, -0.2) is 46.4 Å². The smallest absolute Gasteiger partial charge is 0.322 e. The second kappa shape index (κ2) is 6.86. The first-order valence-corrected chi connectivity index (χ1v) is 9.35. The summed E-state index contributed by atoms with van der Waals surface area (Å²) in [5.74, 6) is -2.82. The van der Waals surface area contributed by atoms with E-state index >= 15 is 0 Å². The van der Waals surface area contributed by atoms with E-state index in [1.807, 2.05) is 0 Å². The molecule has 1 saturated heterocycles. The number of aromatic nitrogens is 1. The molecule has 1 fully saturated rings. The predicted molar refractivity (Wildman–Crippen MR) is 103 cm³/mol. The number of carbonyl (C=O) groups is 2. The topological polar surface area (TPSA) is 74.5 Å². The van der Waals surface area contributed by atoms with E-state index in [2.05, 4.69) is 10.3 Å². The van der Waals surface area contributed by atoms with E-state index in [1.165, 1.54) is 24.1 Å². The fourth-order valence-electron chi connectivity index (χ4n) is 3.91. The Morgan fingerprint density at radius 2 is 2.06 bits per heavy atom. The summed E-state index contributed by atoms with van der Waals surface area (Å²) in [6, 6.07) is 2.63. The quantitative estimate of drug-likeness (QED) is 0.760. The van der Waals surface area contributed by atoms with Crippen molar-refractivity contribution in [2.24, 2.45) is 0 Å². The number of pyridine rings is 1. The van der Waals surface area contributed by atoms with Crippen LogP contribution in [0.25, 0.3) is 5.57 Å². The molecule has 3 amide bonds. The van der Waals surface area contributed by atoms with Crippen LogP contribution in [0.1, 0.15) is 11.1 Å². The first-order chi connectivity index (χ1) is 14.9. The minimum atomic E-state index is -1.06. The van der Waals surface area contributed by atoms with Gasteiger partial charge in [-0.25, -0.2) is 22.9 Å². The summed E-state index contributed by atoms with van der Waals surface area (Å²) >= 11 is 0. The van der Waals surface area contributed by atoms with Gasteiger partial charge in [-0.2, -0.15) is 0 Å². The molecule has 10 heteroatoms. The van der Waals surface area contributed by atoms with Crippen LogP contribution in [0.5, 0.6) is 5.88 Å². The zero-order valence-electron chi connectivity index (χ0n) is 16.2. The lowest BCUT2D eigenvalue weighted by atomic mass is 10.1. The SMILES string of the molecule is COc1cc(C2=CC=C3[C@@H]2N3C(=O)CN2Cc3c(ccc(F)c3F)NC2=O)c(F)cn1. The molecule has 0 bridgehead atoms. The van der Waals surface area contributed by atoms with Crippen molar-refractivity contribution in [1.29, 1.82) is 0 Å². The van der Waals surface area contributed by atoms with Gasteiger partial charge in [-0.3, -0.25) is 9.69 Å². The van der Waals surface area contributed by atoms with Crippen molar-refractivity contribution in [1.82, 2.24) is 14.8 Å². The molecular weight excluding hydrogens is 413 g/mol. The van der Waals surface area contributed by atoms with E-state index in [0.29, 0.717) is 11.3 Å². The maximum atomic E-state index is 14.3. The van der Waals surface area contributed by atoms with Crippen LogP contribution in [0, 0.1) is 17.5 Å². The maximum absolute atomic E-state index is 14.3. The second-order valence-corrected chi connectivity index (χ2v) is 7.26. The van der Waals surface area contributed by atoms with Gasteiger partial charge in [-0.05, 0) is 23.8 Å². The third-order valence-electron chi connectivity index (χ3n) is 5.50. The molecule has 1 atom stereocenters. The Labute approximate surface area is 174 Å². The van der Waals surface area contributed by atoms with Crippen LogP contribution >= 0.6 is 0 Å². The number of fused-ring (bicyclic) bond motifs is 2. The number of urea groups is 1. The van der Waals surface area contributed by atoms with Crippen LogP contribution < -0.4 is 10.1 Å². The second-order valence-electron chi connectivity index (χ2n) is 7.26. The fourth-order valence-corrected chi connectivity index (χ4v) is 3.91. The van der Waals surface area contributed by atoms with E-state index in [1.54, 1.807) is 12.2 Å². The number of anilines is 1. The number of carbonyl (C=O) groups excluding carboxylic acids is 2. The monoisotopic (exact) mass is 428 g/mol. The minimum absolute atomic E-state index is 0.0239. The van der Waals surface area contributed by atoms with Gasteiger partial charge in [0.05, 0.1) is 25.5 Å². The molecule has 1 aliphatic carbocycles. The largest absolute Gasteiger partial charge is 0.481 e. The third-order valence-corrected chi connectivity index (χ3v) is 5.50. The van der Waals surface area contributed by atoms with E-state index in [-0.39, 0.29) is 35.8 Å². The summed E-state index contributed by atoms with van der Waals surface area (Å²) in [6.07, 6.45) is 4.46. The number of hydrogen-bond donors (Lipinski definition) is 1. The molecule has 2 aromatic rings. The van der Waals surface area contributed by atoms with Crippen LogP contribution in [-0.2, 0) is 11.3 Å². The summed E-state index contributed by atoms with van der Waals surface area (Å²) < 4.78 is 47.0. The van der Waals surface area contributed by atoms with Gasteiger partial charge in [-0.15, -0.1) is 0 Å². The molecule has 2 aliphatic heterocycles. The fraction of sp³-hybridized carbons (Fsp3) is 0.190. The summed E-state index contributed by atoms with van der Waals surface area (Å²) in [4.78, 5) is 31.5. The zero-order valence-corrected chi connectivity index (χ0v) is 16.2. The highest BCUT2D eigenvalue weighted by Crippen LogP contribution is 2.48. The van der Waals surface area contributed by atoms with Crippen molar-refractivity contribution < 1.29 is 27.5 Å². The highest BCUT2D eigenvalue weighted by molar-refractivity contribution is 5.98. The van der Waals surface area contributed by atoms with Crippen molar-refractivity contribution in [3.63, 3.8) is 0 Å². The Morgan fingerprint density at radius 1 is 1.26 bits per heavy atom. The number of halogens is 3. The van der Waals surface area contributed by atoms with Gasteiger partial charge in [0, 0.05) is 22.9 Å². The first kappa shape index (κ1) is 19.2. The number of ether oxygens (including phenoxy) is 1. The van der Waals surface area contributed by atoms with Crippen LogP contribution in [0.3, 0.4) is 0 Å². The summed E-state index contributed by atoms with van der Waals surface area (Å²) in [6.45, 7) is -0.586. The molecule has 5 rings (SSSR count). The van der Waals surface area contributed by atoms with Crippen molar-refractivity contribution in [3.05, 3.63) is 70.8 Å². The number of nitrogens with zero attached hydrogens (tertiary/aromatic N) is 3. The highest BCUT2D eigenvalue weighted by atomic mass is 19.2. The van der Waals surface area contributed by atoms with E-state index < -0.39 is 35.4 Å². The van der Waals surface area contributed by atoms with Gasteiger partial charge < -0.3 is 15.0 Å². The molecular formula is C21H15F3N4O3. The lowest BCUT2D eigenvalue weighted by Gasteiger charge is -2.29. The van der Waals surface area contributed by atoms with E-state index in [0.717, 1.165) is 17.2 Å². The molecule has 0 radical (unpaired) electrons. The maximum Gasteiger partial charge on any atom is 0.322 e. The molecule has 0 unspecified atom stereocenters. The number of rotatable bonds is 4. The Balaban J connectivity index is 1.32. The molecule has 1 aromatic carbocycles. The van der Waals surface area contributed by atoms with E-state index in [9.17, 15) is 22.8 Å². The number of hydrogen-bond acceptors (Lipinski definition) is 4. The van der Waals surface area contributed by atoms with Crippen molar-refractivity contribution in [2.45, 2.75) is 12.6 Å². The van der Waals surface area contributed by atoms with Gasteiger partial charge >= 0.3 is 6.03 Å². The lowest BCUT2D eigenvalue weighted by Crippen LogP contribution is -2.43. The molecule has 7 nitrogen and oxygen atoms in total. The number of methoxy groups -OCH3 is 1. The standard InChI is InChI=1S/C21H15F3N4O3/c1-31-17-6-11(14(23)7-25-17)10-2-5-16-20(10)28(16)18(29)9-27-8-12-15(26-21(27)30)4-3-13(22)19(12)24/h2-7,20H,8-9H2,1H3,(H,26,30)/t20-,28?/m1/s1. The van der Waals surface area contributed by atoms with Gasteiger partial charge in [-0.1, -0.05) is 6.08 Å². The van der Waals surface area contributed by atoms with Crippen molar-refractivity contribution in [2.75, 3.05) is 19.0 Å². The van der Waals surface area contributed by atoms with Crippen LogP contribution in [0.2, 0.25) is 0 Å². The van der Waals surface area contributed by atoms with Crippen molar-refractivity contribution >= 4 is 23.2 Å². The number of benzene rings is 1. The molecule has 0 spiro atoms. The van der Waals surface area contributed by atoms with E-state index in [4.69, 9.17) is 4.74 Å². The number of amides is 3. The molecule has 3 aliphatic rings.